The minimum Gasteiger partial charge on any atom is -0.335 e. The molecule has 35 heavy (non-hydrogen) atoms. The summed E-state index contributed by atoms with van der Waals surface area (Å²) >= 11 is 0. The highest BCUT2D eigenvalue weighted by Gasteiger charge is 2.36. The van der Waals surface area contributed by atoms with E-state index in [4.69, 9.17) is 5.10 Å². The molecule has 6 nitrogen and oxygen atoms in total. The third-order valence-corrected chi connectivity index (χ3v) is 7.36. The summed E-state index contributed by atoms with van der Waals surface area (Å²) in [6.45, 7) is 2.64. The number of amides is 2. The molecule has 6 rings (SSSR count). The maximum Gasteiger partial charge on any atom is 0.318 e. The van der Waals surface area contributed by atoms with Crippen LogP contribution in [0.25, 0.3) is 11.5 Å². The van der Waals surface area contributed by atoms with Gasteiger partial charge in [-0.05, 0) is 49.1 Å². The summed E-state index contributed by atoms with van der Waals surface area (Å²) in [4.78, 5) is 15.9. The molecule has 4 aromatic rings. The SMILES string of the molecule is CCc1nn(-c2ccccc2)c2c1CN(C(=O)NC1CCCC1)[C@H](c1ccccc1)c1cccn1-2. The Labute approximate surface area is 206 Å². The van der Waals surface area contributed by atoms with Crippen LogP contribution in [0, 0.1) is 0 Å². The van der Waals surface area contributed by atoms with Gasteiger partial charge < -0.3 is 14.8 Å². The first-order valence-electron chi connectivity index (χ1n) is 12.7. The number of nitrogens with zero attached hydrogens (tertiary/aromatic N) is 4. The lowest BCUT2D eigenvalue weighted by Gasteiger charge is -2.32. The largest absolute Gasteiger partial charge is 0.335 e. The molecule has 178 valence electrons. The van der Waals surface area contributed by atoms with Crippen LogP contribution in [0.4, 0.5) is 4.79 Å². The molecule has 3 heterocycles. The van der Waals surface area contributed by atoms with Crippen molar-refractivity contribution < 1.29 is 4.79 Å². The van der Waals surface area contributed by atoms with Crippen LogP contribution in [0.1, 0.15) is 61.2 Å². The van der Waals surface area contributed by atoms with Crippen LogP contribution < -0.4 is 5.32 Å². The van der Waals surface area contributed by atoms with Crippen molar-refractivity contribution in [3.05, 3.63) is 102 Å². The number of hydrogen-bond donors (Lipinski definition) is 1. The highest BCUT2D eigenvalue weighted by atomic mass is 16.2. The minimum absolute atomic E-state index is 0.000803. The number of fused-ring (bicyclic) bond motifs is 3. The predicted molar refractivity (Wildman–Crippen MR) is 137 cm³/mol. The highest BCUT2D eigenvalue weighted by molar-refractivity contribution is 5.76. The van der Waals surface area contributed by atoms with Crippen LogP contribution in [0.15, 0.2) is 79.0 Å². The van der Waals surface area contributed by atoms with Gasteiger partial charge in [-0.2, -0.15) is 5.10 Å². The molecule has 1 fully saturated rings. The van der Waals surface area contributed by atoms with Gasteiger partial charge in [0.15, 0.2) is 0 Å². The van der Waals surface area contributed by atoms with Crippen LogP contribution in [-0.2, 0) is 13.0 Å². The van der Waals surface area contributed by atoms with E-state index in [1.807, 2.05) is 33.8 Å². The van der Waals surface area contributed by atoms with E-state index in [-0.39, 0.29) is 18.1 Å². The second kappa shape index (κ2) is 9.10. The summed E-state index contributed by atoms with van der Waals surface area (Å²) in [5, 5.41) is 8.39. The first-order chi connectivity index (χ1) is 17.2. The zero-order valence-electron chi connectivity index (χ0n) is 20.1. The molecule has 1 saturated carbocycles. The van der Waals surface area contributed by atoms with Gasteiger partial charge >= 0.3 is 6.03 Å². The molecular formula is C29H31N5O. The summed E-state index contributed by atoms with van der Waals surface area (Å²) < 4.78 is 4.27. The Bertz CT molecular complexity index is 1320. The average molecular weight is 466 g/mol. The van der Waals surface area contributed by atoms with Crippen molar-refractivity contribution in [2.75, 3.05) is 0 Å². The molecule has 1 N–H and O–H groups in total. The Balaban J connectivity index is 1.54. The fraction of sp³-hybridized carbons (Fsp3) is 0.310. The Hall–Kier alpha value is -3.80. The Kier molecular flexibility index (Phi) is 5.64. The monoisotopic (exact) mass is 465 g/mol. The summed E-state index contributed by atoms with van der Waals surface area (Å²) in [6.07, 6.45) is 7.39. The number of nitrogens with one attached hydrogen (secondary N) is 1. The van der Waals surface area contributed by atoms with Crippen molar-refractivity contribution >= 4 is 6.03 Å². The van der Waals surface area contributed by atoms with Crippen molar-refractivity contribution in [1.82, 2.24) is 24.6 Å². The zero-order valence-corrected chi connectivity index (χ0v) is 20.1. The van der Waals surface area contributed by atoms with E-state index in [0.29, 0.717) is 6.54 Å². The molecule has 2 aromatic carbocycles. The van der Waals surface area contributed by atoms with Crippen LogP contribution in [0.5, 0.6) is 0 Å². The molecule has 2 aliphatic rings. The number of urea groups is 1. The lowest BCUT2D eigenvalue weighted by molar-refractivity contribution is 0.176. The normalized spacial score (nSPS) is 17.6. The average Bonchev–Trinajstić information content (AvgIpc) is 3.64. The third-order valence-electron chi connectivity index (χ3n) is 7.36. The quantitative estimate of drug-likeness (QED) is 0.415. The van der Waals surface area contributed by atoms with E-state index in [1.165, 1.54) is 12.8 Å². The van der Waals surface area contributed by atoms with Crippen molar-refractivity contribution in [2.24, 2.45) is 0 Å². The lowest BCUT2D eigenvalue weighted by atomic mass is 10.0. The molecule has 0 radical (unpaired) electrons. The summed E-state index contributed by atoms with van der Waals surface area (Å²) in [5.74, 6) is 1.02. The van der Waals surface area contributed by atoms with Gasteiger partial charge in [-0.25, -0.2) is 9.48 Å². The van der Waals surface area contributed by atoms with Crippen molar-refractivity contribution in [3.63, 3.8) is 0 Å². The molecule has 2 aromatic heterocycles. The van der Waals surface area contributed by atoms with Gasteiger partial charge in [0, 0.05) is 17.8 Å². The number of rotatable bonds is 4. The number of carbonyl (C=O) groups is 1. The van der Waals surface area contributed by atoms with Gasteiger partial charge in [0.1, 0.15) is 5.82 Å². The lowest BCUT2D eigenvalue weighted by Crippen LogP contribution is -2.45. The van der Waals surface area contributed by atoms with E-state index in [1.54, 1.807) is 0 Å². The maximum atomic E-state index is 13.9. The van der Waals surface area contributed by atoms with E-state index in [2.05, 4.69) is 71.5 Å². The number of aromatic nitrogens is 3. The number of carbonyl (C=O) groups excluding carboxylic acids is 1. The maximum absolute atomic E-state index is 13.9. The smallest absolute Gasteiger partial charge is 0.318 e. The van der Waals surface area contributed by atoms with Crippen LogP contribution in [0.2, 0.25) is 0 Å². The van der Waals surface area contributed by atoms with Gasteiger partial charge in [0.25, 0.3) is 0 Å². The van der Waals surface area contributed by atoms with E-state index in [9.17, 15) is 4.79 Å². The molecule has 1 aliphatic carbocycles. The Morgan fingerprint density at radius 3 is 2.40 bits per heavy atom. The van der Waals surface area contributed by atoms with E-state index < -0.39 is 0 Å². The van der Waals surface area contributed by atoms with Crippen molar-refractivity contribution in [3.8, 4) is 11.5 Å². The Morgan fingerprint density at radius 1 is 0.971 bits per heavy atom. The number of aryl methyl sites for hydroxylation is 1. The highest BCUT2D eigenvalue weighted by Crippen LogP contribution is 2.38. The fourth-order valence-corrected chi connectivity index (χ4v) is 5.66. The van der Waals surface area contributed by atoms with Crippen molar-refractivity contribution in [1.29, 1.82) is 0 Å². The van der Waals surface area contributed by atoms with E-state index >= 15 is 0 Å². The van der Waals surface area contributed by atoms with Gasteiger partial charge in [-0.1, -0.05) is 68.3 Å². The van der Waals surface area contributed by atoms with E-state index in [0.717, 1.165) is 53.3 Å². The first-order valence-corrected chi connectivity index (χ1v) is 12.7. The minimum atomic E-state index is -0.200. The zero-order chi connectivity index (χ0) is 23.8. The van der Waals surface area contributed by atoms with Crippen molar-refractivity contribution in [2.45, 2.75) is 57.7 Å². The predicted octanol–water partition coefficient (Wildman–Crippen LogP) is 5.78. The van der Waals surface area contributed by atoms with Gasteiger partial charge in [-0.15, -0.1) is 0 Å². The van der Waals surface area contributed by atoms with Gasteiger partial charge in [0.2, 0.25) is 0 Å². The van der Waals surface area contributed by atoms with Crippen LogP contribution in [-0.4, -0.2) is 31.3 Å². The molecule has 0 bridgehead atoms. The third kappa shape index (κ3) is 3.83. The molecule has 0 unspecified atom stereocenters. The molecular weight excluding hydrogens is 434 g/mol. The molecule has 6 heteroatoms. The standard InChI is InChI=1S/C29H31N5O/c1-2-25-24-20-33(29(35)30-22-14-9-10-15-22)27(21-12-5-3-6-13-21)26-18-11-19-32(26)28(24)34(31-25)23-16-7-4-8-17-23/h3-8,11-13,16-19,22,27H,2,9-10,14-15,20H2,1H3,(H,30,35)/t27-/m1/s1. The van der Waals surface area contributed by atoms with Crippen LogP contribution in [0.3, 0.4) is 0 Å². The first kappa shape index (κ1) is 21.7. The summed E-state index contributed by atoms with van der Waals surface area (Å²) in [5.41, 5.74) is 5.32. The number of para-hydroxylation sites is 1. The molecule has 1 atom stereocenters. The number of benzene rings is 2. The second-order valence-electron chi connectivity index (χ2n) is 9.52. The summed E-state index contributed by atoms with van der Waals surface area (Å²) in [6, 6.07) is 24.9. The molecule has 1 aliphatic heterocycles. The van der Waals surface area contributed by atoms with Gasteiger partial charge in [0.05, 0.1) is 29.7 Å². The molecule has 2 amide bonds. The fourth-order valence-electron chi connectivity index (χ4n) is 5.66. The second-order valence-corrected chi connectivity index (χ2v) is 9.52. The topological polar surface area (TPSA) is 55.1 Å². The molecule has 0 spiro atoms. The van der Waals surface area contributed by atoms with Gasteiger partial charge in [-0.3, -0.25) is 0 Å². The van der Waals surface area contributed by atoms with Crippen LogP contribution >= 0.6 is 0 Å². The molecule has 0 saturated heterocycles. The Morgan fingerprint density at radius 2 is 1.69 bits per heavy atom. The number of hydrogen-bond acceptors (Lipinski definition) is 2. The summed E-state index contributed by atoms with van der Waals surface area (Å²) in [7, 11) is 0.